The Labute approximate surface area is 74.4 Å². The van der Waals surface area contributed by atoms with E-state index in [1.807, 2.05) is 0 Å². The molecule has 3 heteroatoms. The van der Waals surface area contributed by atoms with E-state index in [9.17, 15) is 4.79 Å². The summed E-state index contributed by atoms with van der Waals surface area (Å²) in [4.78, 5) is 10.9. The number of halogens is 1. The molecule has 0 heterocycles. The van der Waals surface area contributed by atoms with E-state index in [-0.39, 0.29) is 0 Å². The molecule has 0 N–H and O–H groups in total. The third kappa shape index (κ3) is 3.78. The summed E-state index contributed by atoms with van der Waals surface area (Å²) in [6.07, 6.45) is 2.96. The van der Waals surface area contributed by atoms with Gasteiger partial charge < -0.3 is 4.74 Å². The highest BCUT2D eigenvalue weighted by molar-refractivity contribution is 9.11. The van der Waals surface area contributed by atoms with Crippen LogP contribution in [0.2, 0.25) is 0 Å². The molecule has 0 aliphatic heterocycles. The number of ether oxygens (including phenoxy) is 1. The lowest BCUT2D eigenvalue weighted by Crippen LogP contribution is -2.01. The fraction of sp³-hybridized carbons (Fsp3) is 0.125. The molecule has 0 atom stereocenters. The first-order chi connectivity index (χ1) is 5.11. The molecule has 0 saturated carbocycles. The SMILES string of the molecule is C=C/C(=C\C(=C)Br)C(=O)OC. The molecule has 0 aliphatic rings. The molecule has 0 aromatic carbocycles. The average molecular weight is 217 g/mol. The van der Waals surface area contributed by atoms with Crippen molar-refractivity contribution in [3.05, 3.63) is 35.4 Å². The van der Waals surface area contributed by atoms with E-state index >= 15 is 0 Å². The normalized spacial score (nSPS) is 10.5. The number of methoxy groups -OCH3 is 1. The summed E-state index contributed by atoms with van der Waals surface area (Å²) in [5.41, 5.74) is 0.384. The number of rotatable bonds is 3. The molecule has 2 nitrogen and oxygen atoms in total. The Hall–Kier alpha value is -0.830. The Morgan fingerprint density at radius 1 is 1.64 bits per heavy atom. The van der Waals surface area contributed by atoms with Gasteiger partial charge in [-0.15, -0.1) is 0 Å². The van der Waals surface area contributed by atoms with Gasteiger partial charge in [-0.05, 0) is 6.08 Å². The molecule has 0 unspecified atom stereocenters. The quantitative estimate of drug-likeness (QED) is 0.411. The van der Waals surface area contributed by atoms with Crippen LogP contribution in [0.5, 0.6) is 0 Å². The monoisotopic (exact) mass is 216 g/mol. The van der Waals surface area contributed by atoms with E-state index in [1.165, 1.54) is 13.2 Å². The first-order valence-electron chi connectivity index (χ1n) is 2.88. The van der Waals surface area contributed by atoms with Gasteiger partial charge in [0.25, 0.3) is 0 Å². The third-order valence-electron chi connectivity index (χ3n) is 0.953. The van der Waals surface area contributed by atoms with Gasteiger partial charge in [-0.2, -0.15) is 0 Å². The summed E-state index contributed by atoms with van der Waals surface area (Å²) in [5, 5.41) is 0. The summed E-state index contributed by atoms with van der Waals surface area (Å²) < 4.78 is 5.07. The van der Waals surface area contributed by atoms with Gasteiger partial charge in [0, 0.05) is 4.48 Å². The lowest BCUT2D eigenvalue weighted by Gasteiger charge is -1.97. The minimum atomic E-state index is -0.416. The Balaban J connectivity index is 4.52. The molecule has 0 amide bonds. The molecule has 0 rings (SSSR count). The molecule has 0 saturated heterocycles. The van der Waals surface area contributed by atoms with Crippen LogP contribution in [-0.2, 0) is 9.53 Å². The zero-order valence-electron chi connectivity index (χ0n) is 6.26. The number of allylic oxidation sites excluding steroid dienone is 2. The van der Waals surface area contributed by atoms with Gasteiger partial charge in [0.05, 0.1) is 12.7 Å². The van der Waals surface area contributed by atoms with Crippen molar-refractivity contribution in [3.8, 4) is 0 Å². The second kappa shape index (κ2) is 4.91. The molecule has 0 spiro atoms. The van der Waals surface area contributed by atoms with Gasteiger partial charge in [0.15, 0.2) is 0 Å². The topological polar surface area (TPSA) is 26.3 Å². The maximum atomic E-state index is 10.9. The van der Waals surface area contributed by atoms with Crippen LogP contribution in [0.4, 0.5) is 0 Å². The standard InChI is InChI=1S/C8H9BrO2/c1-4-7(5-6(2)9)8(10)11-3/h4-5H,1-2H2,3H3/b7-5+. The van der Waals surface area contributed by atoms with E-state index in [0.29, 0.717) is 10.1 Å². The number of hydrogen-bond acceptors (Lipinski definition) is 2. The van der Waals surface area contributed by atoms with Crippen molar-refractivity contribution < 1.29 is 9.53 Å². The van der Waals surface area contributed by atoms with E-state index < -0.39 is 5.97 Å². The maximum absolute atomic E-state index is 10.9. The van der Waals surface area contributed by atoms with Crippen LogP contribution in [0.3, 0.4) is 0 Å². The van der Waals surface area contributed by atoms with E-state index in [1.54, 1.807) is 6.08 Å². The summed E-state index contributed by atoms with van der Waals surface area (Å²) in [6, 6.07) is 0. The first-order valence-corrected chi connectivity index (χ1v) is 3.68. The van der Waals surface area contributed by atoms with Crippen molar-refractivity contribution in [1.82, 2.24) is 0 Å². The molecular formula is C8H9BrO2. The Morgan fingerprint density at radius 2 is 2.18 bits per heavy atom. The maximum Gasteiger partial charge on any atom is 0.337 e. The summed E-state index contributed by atoms with van der Waals surface area (Å²) in [6.45, 7) is 7.00. The molecule has 60 valence electrons. The van der Waals surface area contributed by atoms with Crippen molar-refractivity contribution in [2.45, 2.75) is 0 Å². The molecule has 0 fully saturated rings. The molecule has 0 radical (unpaired) electrons. The molecule has 0 aliphatic carbocycles. The van der Waals surface area contributed by atoms with Crippen molar-refractivity contribution in [3.63, 3.8) is 0 Å². The molecule has 0 bridgehead atoms. The van der Waals surface area contributed by atoms with E-state index in [2.05, 4.69) is 33.8 Å². The Bertz CT molecular complexity index is 216. The van der Waals surface area contributed by atoms with Crippen molar-refractivity contribution >= 4 is 21.9 Å². The van der Waals surface area contributed by atoms with E-state index in [4.69, 9.17) is 0 Å². The highest BCUT2D eigenvalue weighted by atomic mass is 79.9. The number of hydrogen-bond donors (Lipinski definition) is 0. The summed E-state index contributed by atoms with van der Waals surface area (Å²) in [5.74, 6) is -0.416. The summed E-state index contributed by atoms with van der Waals surface area (Å²) >= 11 is 3.09. The van der Waals surface area contributed by atoms with Crippen molar-refractivity contribution in [2.24, 2.45) is 0 Å². The molecule has 0 aromatic rings. The van der Waals surface area contributed by atoms with Crippen LogP contribution in [-0.4, -0.2) is 13.1 Å². The van der Waals surface area contributed by atoms with Crippen molar-refractivity contribution in [2.75, 3.05) is 7.11 Å². The predicted molar refractivity (Wildman–Crippen MR) is 48.4 cm³/mol. The smallest absolute Gasteiger partial charge is 0.337 e. The lowest BCUT2D eigenvalue weighted by molar-refractivity contribution is -0.135. The predicted octanol–water partition coefficient (Wildman–Crippen LogP) is 2.18. The molecule has 0 aromatic heterocycles. The van der Waals surface area contributed by atoms with Gasteiger partial charge >= 0.3 is 5.97 Å². The van der Waals surface area contributed by atoms with Gasteiger partial charge in [-0.3, -0.25) is 0 Å². The second-order valence-electron chi connectivity index (χ2n) is 1.74. The minimum absolute atomic E-state index is 0.384. The molecular weight excluding hydrogens is 208 g/mol. The Kier molecular flexibility index (Phi) is 4.54. The summed E-state index contributed by atoms with van der Waals surface area (Å²) in [7, 11) is 1.32. The number of carbonyl (C=O) groups is 1. The number of carbonyl (C=O) groups excluding carboxylic acids is 1. The van der Waals surface area contributed by atoms with Crippen LogP contribution in [0.1, 0.15) is 0 Å². The van der Waals surface area contributed by atoms with Gasteiger partial charge in [0.1, 0.15) is 0 Å². The van der Waals surface area contributed by atoms with Crippen LogP contribution < -0.4 is 0 Å². The third-order valence-corrected chi connectivity index (χ3v) is 1.18. The molecule has 11 heavy (non-hydrogen) atoms. The first kappa shape index (κ1) is 10.2. The van der Waals surface area contributed by atoms with Crippen LogP contribution in [0.25, 0.3) is 0 Å². The van der Waals surface area contributed by atoms with Crippen LogP contribution in [0, 0.1) is 0 Å². The van der Waals surface area contributed by atoms with Crippen LogP contribution in [0.15, 0.2) is 35.4 Å². The zero-order chi connectivity index (χ0) is 8.85. The van der Waals surface area contributed by atoms with Gasteiger partial charge in [-0.1, -0.05) is 35.2 Å². The van der Waals surface area contributed by atoms with Gasteiger partial charge in [0.2, 0.25) is 0 Å². The zero-order valence-corrected chi connectivity index (χ0v) is 7.85. The number of esters is 1. The van der Waals surface area contributed by atoms with E-state index in [0.717, 1.165) is 0 Å². The fourth-order valence-electron chi connectivity index (χ4n) is 0.488. The second-order valence-corrected chi connectivity index (χ2v) is 2.76. The van der Waals surface area contributed by atoms with Crippen LogP contribution >= 0.6 is 15.9 Å². The fourth-order valence-corrected chi connectivity index (χ4v) is 0.734. The largest absolute Gasteiger partial charge is 0.465 e. The lowest BCUT2D eigenvalue weighted by atomic mass is 10.2. The minimum Gasteiger partial charge on any atom is -0.465 e. The average Bonchev–Trinajstić information content (AvgIpc) is 1.98. The van der Waals surface area contributed by atoms with Crippen molar-refractivity contribution in [1.29, 1.82) is 0 Å². The highest BCUT2D eigenvalue weighted by Gasteiger charge is 2.03. The highest BCUT2D eigenvalue weighted by Crippen LogP contribution is 2.08. The van der Waals surface area contributed by atoms with Gasteiger partial charge in [-0.25, -0.2) is 4.79 Å². The Morgan fingerprint density at radius 3 is 2.45 bits per heavy atom.